The first-order chi connectivity index (χ1) is 10.1. The van der Waals surface area contributed by atoms with Crippen molar-refractivity contribution < 1.29 is 9.21 Å². The SMILES string of the molecule is CCC(=O)Nc1cccc(NCc2ccc(CC)o2)c1C. The molecule has 0 aliphatic rings. The topological polar surface area (TPSA) is 54.3 Å². The number of carbonyl (C=O) groups excluding carboxylic acids is 1. The van der Waals surface area contributed by atoms with E-state index in [1.165, 1.54) is 0 Å². The van der Waals surface area contributed by atoms with Crippen molar-refractivity contribution in [2.75, 3.05) is 10.6 Å². The number of nitrogens with one attached hydrogen (secondary N) is 2. The zero-order valence-corrected chi connectivity index (χ0v) is 12.8. The van der Waals surface area contributed by atoms with E-state index in [1.54, 1.807) is 0 Å². The molecule has 0 bridgehead atoms. The van der Waals surface area contributed by atoms with Gasteiger partial charge in [0.2, 0.25) is 5.91 Å². The zero-order valence-electron chi connectivity index (χ0n) is 12.8. The Morgan fingerprint density at radius 1 is 1.10 bits per heavy atom. The molecule has 2 aromatic rings. The molecule has 1 aromatic heterocycles. The number of anilines is 2. The van der Waals surface area contributed by atoms with Crippen LogP contribution in [-0.4, -0.2) is 5.91 Å². The molecule has 0 aliphatic heterocycles. The highest BCUT2D eigenvalue weighted by Gasteiger charge is 2.07. The second kappa shape index (κ2) is 6.97. The summed E-state index contributed by atoms with van der Waals surface area (Å²) in [6.45, 7) is 6.54. The number of rotatable bonds is 6. The number of aryl methyl sites for hydroxylation is 1. The molecular formula is C17H22N2O2. The van der Waals surface area contributed by atoms with Gasteiger partial charge in [0.25, 0.3) is 0 Å². The van der Waals surface area contributed by atoms with Gasteiger partial charge in [-0.2, -0.15) is 0 Å². The van der Waals surface area contributed by atoms with Crippen molar-refractivity contribution >= 4 is 17.3 Å². The Kier molecular flexibility index (Phi) is 5.04. The van der Waals surface area contributed by atoms with Crippen LogP contribution in [0, 0.1) is 6.92 Å². The van der Waals surface area contributed by atoms with E-state index in [9.17, 15) is 4.79 Å². The van der Waals surface area contributed by atoms with E-state index in [0.29, 0.717) is 13.0 Å². The van der Waals surface area contributed by atoms with Crippen molar-refractivity contribution in [1.29, 1.82) is 0 Å². The lowest BCUT2D eigenvalue weighted by molar-refractivity contribution is -0.115. The first-order valence-corrected chi connectivity index (χ1v) is 7.35. The molecule has 0 unspecified atom stereocenters. The van der Waals surface area contributed by atoms with Gasteiger partial charge < -0.3 is 15.1 Å². The number of hydrogen-bond donors (Lipinski definition) is 2. The predicted molar refractivity (Wildman–Crippen MR) is 85.5 cm³/mol. The fourth-order valence-corrected chi connectivity index (χ4v) is 2.09. The molecule has 4 nitrogen and oxygen atoms in total. The van der Waals surface area contributed by atoms with Crippen molar-refractivity contribution in [1.82, 2.24) is 0 Å². The van der Waals surface area contributed by atoms with E-state index in [0.717, 1.165) is 34.9 Å². The largest absolute Gasteiger partial charge is 0.464 e. The fourth-order valence-electron chi connectivity index (χ4n) is 2.09. The predicted octanol–water partition coefficient (Wildman–Crippen LogP) is 4.11. The van der Waals surface area contributed by atoms with Crippen LogP contribution in [0.4, 0.5) is 11.4 Å². The standard InChI is InChI=1S/C17H22N2O2/c1-4-13-9-10-14(21-13)11-18-15-7-6-8-16(12(15)3)19-17(20)5-2/h6-10,18H,4-5,11H2,1-3H3,(H,19,20). The third-order valence-electron chi connectivity index (χ3n) is 3.45. The molecule has 1 amide bonds. The minimum Gasteiger partial charge on any atom is -0.464 e. The summed E-state index contributed by atoms with van der Waals surface area (Å²) in [6.07, 6.45) is 1.38. The second-order valence-corrected chi connectivity index (χ2v) is 4.95. The summed E-state index contributed by atoms with van der Waals surface area (Å²) in [5.74, 6) is 1.93. The van der Waals surface area contributed by atoms with Crippen LogP contribution in [-0.2, 0) is 17.8 Å². The molecule has 4 heteroatoms. The minimum absolute atomic E-state index is 0.0221. The number of amides is 1. The van der Waals surface area contributed by atoms with Crippen LogP contribution in [0.25, 0.3) is 0 Å². The smallest absolute Gasteiger partial charge is 0.224 e. The van der Waals surface area contributed by atoms with Gasteiger partial charge in [-0.25, -0.2) is 0 Å². The highest BCUT2D eigenvalue weighted by molar-refractivity contribution is 5.92. The number of hydrogen-bond acceptors (Lipinski definition) is 3. The molecule has 0 spiro atoms. The third kappa shape index (κ3) is 3.88. The Bertz CT molecular complexity index is 617. The van der Waals surface area contributed by atoms with Crippen molar-refractivity contribution in [3.05, 3.63) is 47.4 Å². The van der Waals surface area contributed by atoms with Crippen LogP contribution in [0.1, 0.15) is 37.4 Å². The summed E-state index contributed by atoms with van der Waals surface area (Å²) < 4.78 is 5.67. The first kappa shape index (κ1) is 15.2. The van der Waals surface area contributed by atoms with Crippen molar-refractivity contribution in [3.8, 4) is 0 Å². The summed E-state index contributed by atoms with van der Waals surface area (Å²) in [6, 6.07) is 9.84. The van der Waals surface area contributed by atoms with Gasteiger partial charge in [-0.3, -0.25) is 4.79 Å². The summed E-state index contributed by atoms with van der Waals surface area (Å²) in [4.78, 5) is 11.5. The number of furan rings is 1. The molecule has 0 aliphatic carbocycles. The van der Waals surface area contributed by atoms with Crippen LogP contribution in [0.15, 0.2) is 34.7 Å². The molecule has 1 aromatic carbocycles. The van der Waals surface area contributed by atoms with Crippen molar-refractivity contribution in [2.45, 2.75) is 40.2 Å². The molecule has 112 valence electrons. The molecule has 21 heavy (non-hydrogen) atoms. The number of benzene rings is 1. The van der Waals surface area contributed by atoms with E-state index in [2.05, 4.69) is 17.6 Å². The van der Waals surface area contributed by atoms with Crippen LogP contribution in [0.5, 0.6) is 0 Å². The Morgan fingerprint density at radius 2 is 1.81 bits per heavy atom. The quantitative estimate of drug-likeness (QED) is 0.840. The van der Waals surface area contributed by atoms with Gasteiger partial charge in [0.1, 0.15) is 11.5 Å². The molecule has 2 N–H and O–H groups in total. The normalized spacial score (nSPS) is 10.4. The van der Waals surface area contributed by atoms with E-state index in [-0.39, 0.29) is 5.91 Å². The molecular weight excluding hydrogens is 264 g/mol. The summed E-state index contributed by atoms with van der Waals surface area (Å²) in [7, 11) is 0. The highest BCUT2D eigenvalue weighted by Crippen LogP contribution is 2.24. The van der Waals surface area contributed by atoms with Crippen molar-refractivity contribution in [3.63, 3.8) is 0 Å². The van der Waals surface area contributed by atoms with Gasteiger partial charge >= 0.3 is 0 Å². The van der Waals surface area contributed by atoms with Gasteiger partial charge in [-0.1, -0.05) is 19.9 Å². The molecule has 0 saturated carbocycles. The molecule has 2 rings (SSSR count). The van der Waals surface area contributed by atoms with Crippen LogP contribution in [0.2, 0.25) is 0 Å². The fraction of sp³-hybridized carbons (Fsp3) is 0.353. The van der Waals surface area contributed by atoms with Gasteiger partial charge in [0.05, 0.1) is 6.54 Å². The average molecular weight is 286 g/mol. The molecule has 0 radical (unpaired) electrons. The Balaban J connectivity index is 2.06. The van der Waals surface area contributed by atoms with Crippen LogP contribution < -0.4 is 10.6 Å². The third-order valence-corrected chi connectivity index (χ3v) is 3.45. The average Bonchev–Trinajstić information content (AvgIpc) is 2.96. The minimum atomic E-state index is 0.0221. The van der Waals surface area contributed by atoms with E-state index in [4.69, 9.17) is 4.42 Å². The second-order valence-electron chi connectivity index (χ2n) is 4.95. The van der Waals surface area contributed by atoms with Crippen LogP contribution >= 0.6 is 0 Å². The lowest BCUT2D eigenvalue weighted by Gasteiger charge is -2.13. The van der Waals surface area contributed by atoms with Gasteiger partial charge in [0.15, 0.2) is 0 Å². The summed E-state index contributed by atoms with van der Waals surface area (Å²) in [5.41, 5.74) is 2.88. The maximum absolute atomic E-state index is 11.5. The molecule has 0 fully saturated rings. The molecule has 1 heterocycles. The van der Waals surface area contributed by atoms with E-state index < -0.39 is 0 Å². The Hall–Kier alpha value is -2.23. The Labute approximate surface area is 125 Å². The maximum atomic E-state index is 11.5. The van der Waals surface area contributed by atoms with E-state index in [1.807, 2.05) is 44.2 Å². The monoisotopic (exact) mass is 286 g/mol. The lowest BCUT2D eigenvalue weighted by Crippen LogP contribution is -2.11. The van der Waals surface area contributed by atoms with E-state index >= 15 is 0 Å². The molecule has 0 atom stereocenters. The summed E-state index contributed by atoms with van der Waals surface area (Å²) >= 11 is 0. The summed E-state index contributed by atoms with van der Waals surface area (Å²) in [5, 5.41) is 6.26. The van der Waals surface area contributed by atoms with Gasteiger partial charge in [0, 0.05) is 24.2 Å². The molecule has 0 saturated heterocycles. The Morgan fingerprint density at radius 3 is 2.48 bits per heavy atom. The highest BCUT2D eigenvalue weighted by atomic mass is 16.3. The van der Waals surface area contributed by atoms with Gasteiger partial charge in [-0.05, 0) is 36.8 Å². The number of carbonyl (C=O) groups is 1. The van der Waals surface area contributed by atoms with Crippen molar-refractivity contribution in [2.24, 2.45) is 0 Å². The first-order valence-electron chi connectivity index (χ1n) is 7.35. The maximum Gasteiger partial charge on any atom is 0.224 e. The lowest BCUT2D eigenvalue weighted by atomic mass is 10.1. The zero-order chi connectivity index (χ0) is 15.2. The van der Waals surface area contributed by atoms with Gasteiger partial charge in [-0.15, -0.1) is 0 Å². The van der Waals surface area contributed by atoms with Crippen LogP contribution in [0.3, 0.4) is 0 Å².